The van der Waals surface area contributed by atoms with Crippen LogP contribution < -0.4 is 26.4 Å². The quantitative estimate of drug-likeness (QED) is 0.0744. The summed E-state index contributed by atoms with van der Waals surface area (Å²) in [6, 6.07) is 20.2. The van der Waals surface area contributed by atoms with Crippen LogP contribution in [-0.2, 0) is 16.2 Å². The normalized spacial score (nSPS) is 11.7. The number of nitrogens with zero attached hydrogens (tertiary/aromatic N) is 5. The number of amides is 1. The highest BCUT2D eigenvalue weighted by Gasteiger charge is 2.21. The molecule has 0 atom stereocenters. The molecule has 0 aliphatic carbocycles. The summed E-state index contributed by atoms with van der Waals surface area (Å²) < 4.78 is 5.81. The molecule has 13 heteroatoms. The van der Waals surface area contributed by atoms with Crippen molar-refractivity contribution in [3.05, 3.63) is 102 Å². The van der Waals surface area contributed by atoms with Gasteiger partial charge in [-0.2, -0.15) is 5.06 Å². The van der Waals surface area contributed by atoms with Gasteiger partial charge in [-0.25, -0.2) is 9.97 Å². The Morgan fingerprint density at radius 1 is 0.958 bits per heavy atom. The molecule has 2 aromatic carbocycles. The van der Waals surface area contributed by atoms with E-state index in [0.717, 1.165) is 23.6 Å². The van der Waals surface area contributed by atoms with Gasteiger partial charge in [0.15, 0.2) is 0 Å². The van der Waals surface area contributed by atoms with Gasteiger partial charge in [0, 0.05) is 74.0 Å². The molecule has 0 fully saturated rings. The van der Waals surface area contributed by atoms with Crippen molar-refractivity contribution in [3.63, 3.8) is 0 Å². The first-order chi connectivity index (χ1) is 23.1. The lowest BCUT2D eigenvalue weighted by Crippen LogP contribution is -2.37. The maximum Gasteiger partial charge on any atom is 0.248 e. The summed E-state index contributed by atoms with van der Waals surface area (Å²) in [5, 5.41) is 11.6. The first kappa shape index (κ1) is 36.2. The molecule has 0 radical (unpaired) electrons. The highest BCUT2D eigenvalue weighted by molar-refractivity contribution is 6.32. The van der Waals surface area contributed by atoms with E-state index in [0.29, 0.717) is 60.9 Å². The first-order valence-electron chi connectivity index (χ1n) is 15.6. The summed E-state index contributed by atoms with van der Waals surface area (Å²) in [5.74, 6) is 1.48. The van der Waals surface area contributed by atoms with Crippen molar-refractivity contribution in [2.45, 2.75) is 20.5 Å². The number of likely N-dealkylation sites (N-methyl/N-ethyl adjacent to an activating group) is 2. The minimum absolute atomic E-state index is 0.0720. The summed E-state index contributed by atoms with van der Waals surface area (Å²) in [6.07, 6.45) is 6.57. The largest absolute Gasteiger partial charge is 0.486 e. The summed E-state index contributed by atoms with van der Waals surface area (Å²) in [6.45, 7) is 7.83. The molecular weight excluding hydrogens is 630 g/mol. The number of pyridine rings is 1. The SMILES string of the molecule is CN(C/C=C/C(=O)Nc1cccc(Nc2cc(Nc3ccc(OCc4ccccn4)c(Cl)c3)ncn2)c1)CC(C)(C)CON(C)CCN. The van der Waals surface area contributed by atoms with Gasteiger partial charge < -0.3 is 31.3 Å². The van der Waals surface area contributed by atoms with Crippen molar-refractivity contribution >= 4 is 46.2 Å². The van der Waals surface area contributed by atoms with Crippen molar-refractivity contribution in [3.8, 4) is 5.75 Å². The van der Waals surface area contributed by atoms with Gasteiger partial charge in [-0.1, -0.05) is 43.7 Å². The van der Waals surface area contributed by atoms with Gasteiger partial charge in [0.05, 0.1) is 17.3 Å². The molecule has 5 N–H and O–H groups in total. The van der Waals surface area contributed by atoms with E-state index in [9.17, 15) is 4.79 Å². The number of carbonyl (C=O) groups is 1. The standard InChI is InChI=1S/C35H44ClN9O3/c1-35(2,24-48-45(4)18-15-37)23-44(3)17-8-12-34(46)43-27-11-7-10-26(19-27)41-32-21-33(40-25-39-32)42-28-13-14-31(30(36)20-28)47-22-29-9-5-6-16-38-29/h5-14,16,19-21,25H,15,17-18,22-24,37H2,1-4H3,(H,43,46)(H2,39,40,41,42)/b12-8+. The fourth-order valence-electron chi connectivity index (χ4n) is 4.69. The molecule has 0 bridgehead atoms. The zero-order chi connectivity index (χ0) is 34.4. The Bertz CT molecular complexity index is 1640. The zero-order valence-corrected chi connectivity index (χ0v) is 28.6. The lowest BCUT2D eigenvalue weighted by atomic mass is 9.94. The summed E-state index contributed by atoms with van der Waals surface area (Å²) in [7, 11) is 3.90. The maximum absolute atomic E-state index is 12.6. The molecule has 48 heavy (non-hydrogen) atoms. The number of ether oxygens (including phenoxy) is 1. The predicted octanol–water partition coefficient (Wildman–Crippen LogP) is 5.87. The lowest BCUT2D eigenvalue weighted by molar-refractivity contribution is -0.163. The number of halogens is 1. The van der Waals surface area contributed by atoms with Crippen LogP contribution in [0.15, 0.2) is 91.4 Å². The van der Waals surface area contributed by atoms with Crippen LogP contribution in [0.3, 0.4) is 0 Å². The molecule has 12 nitrogen and oxygen atoms in total. The molecule has 0 spiro atoms. The van der Waals surface area contributed by atoms with Gasteiger partial charge in [-0.15, -0.1) is 0 Å². The molecule has 0 saturated heterocycles. The number of anilines is 5. The van der Waals surface area contributed by atoms with Crippen molar-refractivity contribution < 1.29 is 14.4 Å². The second-order valence-corrected chi connectivity index (χ2v) is 12.4. The lowest BCUT2D eigenvalue weighted by Gasteiger charge is -2.31. The van der Waals surface area contributed by atoms with Crippen LogP contribution in [0, 0.1) is 5.41 Å². The Hall–Kier alpha value is -4.59. The monoisotopic (exact) mass is 673 g/mol. The highest BCUT2D eigenvalue weighted by Crippen LogP contribution is 2.30. The number of nitrogens with one attached hydrogen (secondary N) is 3. The van der Waals surface area contributed by atoms with Crippen LogP contribution in [0.4, 0.5) is 28.7 Å². The Morgan fingerprint density at radius 2 is 1.71 bits per heavy atom. The molecular formula is C35H44ClN9O3. The molecule has 0 saturated carbocycles. The van der Waals surface area contributed by atoms with Crippen molar-refractivity contribution in [1.29, 1.82) is 0 Å². The second kappa shape index (κ2) is 18.1. The van der Waals surface area contributed by atoms with Crippen LogP contribution in [0.1, 0.15) is 19.5 Å². The number of aromatic nitrogens is 3. The van der Waals surface area contributed by atoms with E-state index in [4.69, 9.17) is 26.9 Å². The van der Waals surface area contributed by atoms with Gasteiger partial charge in [0.25, 0.3) is 0 Å². The third-order valence-electron chi connectivity index (χ3n) is 6.88. The Morgan fingerprint density at radius 3 is 2.42 bits per heavy atom. The molecule has 1 amide bonds. The molecule has 4 aromatic rings. The maximum atomic E-state index is 12.6. The Labute approximate surface area is 287 Å². The van der Waals surface area contributed by atoms with Crippen LogP contribution in [0.5, 0.6) is 5.75 Å². The highest BCUT2D eigenvalue weighted by atomic mass is 35.5. The van der Waals surface area contributed by atoms with Gasteiger partial charge in [-0.05, 0) is 55.6 Å². The third-order valence-corrected chi connectivity index (χ3v) is 7.17. The van der Waals surface area contributed by atoms with E-state index in [1.54, 1.807) is 35.5 Å². The fourth-order valence-corrected chi connectivity index (χ4v) is 4.93. The fraction of sp³-hybridized carbons (Fsp3) is 0.314. The van der Waals surface area contributed by atoms with Gasteiger partial charge in [0.2, 0.25) is 5.91 Å². The number of rotatable bonds is 18. The van der Waals surface area contributed by atoms with E-state index in [1.807, 2.05) is 68.7 Å². The third kappa shape index (κ3) is 12.5. The van der Waals surface area contributed by atoms with E-state index < -0.39 is 0 Å². The molecule has 4 rings (SSSR count). The molecule has 2 heterocycles. The summed E-state index contributed by atoms with van der Waals surface area (Å²) in [5.41, 5.74) is 8.46. The number of carbonyl (C=O) groups excluding carboxylic acids is 1. The predicted molar refractivity (Wildman–Crippen MR) is 192 cm³/mol. The van der Waals surface area contributed by atoms with Crippen LogP contribution in [-0.4, -0.2) is 77.7 Å². The topological polar surface area (TPSA) is 143 Å². The van der Waals surface area contributed by atoms with Crippen molar-refractivity contribution in [1.82, 2.24) is 24.9 Å². The number of nitrogens with two attached hydrogens (primary N) is 1. The zero-order valence-electron chi connectivity index (χ0n) is 27.8. The van der Waals surface area contributed by atoms with E-state index in [-0.39, 0.29) is 11.3 Å². The van der Waals surface area contributed by atoms with Gasteiger partial charge >= 0.3 is 0 Å². The molecule has 0 aliphatic rings. The average molecular weight is 674 g/mol. The van der Waals surface area contributed by atoms with E-state index in [2.05, 4.69) is 49.6 Å². The second-order valence-electron chi connectivity index (χ2n) is 12.0. The number of hydroxylamine groups is 2. The van der Waals surface area contributed by atoms with Crippen molar-refractivity contribution in [2.24, 2.45) is 11.1 Å². The molecule has 254 valence electrons. The van der Waals surface area contributed by atoms with Crippen LogP contribution in [0.2, 0.25) is 5.02 Å². The Balaban J connectivity index is 1.25. The Kier molecular flexibility index (Phi) is 13.7. The van der Waals surface area contributed by atoms with Crippen molar-refractivity contribution in [2.75, 3.05) is 62.8 Å². The van der Waals surface area contributed by atoms with Gasteiger partial charge in [0.1, 0.15) is 30.3 Å². The molecule has 0 aliphatic heterocycles. The molecule has 0 unspecified atom stereocenters. The smallest absolute Gasteiger partial charge is 0.248 e. The minimum Gasteiger partial charge on any atom is -0.486 e. The minimum atomic E-state index is -0.216. The first-order valence-corrected chi connectivity index (χ1v) is 15.9. The van der Waals surface area contributed by atoms with E-state index in [1.165, 1.54) is 6.33 Å². The van der Waals surface area contributed by atoms with Crippen LogP contribution >= 0.6 is 11.6 Å². The number of hydrogen-bond donors (Lipinski definition) is 4. The van der Waals surface area contributed by atoms with E-state index >= 15 is 0 Å². The molecule has 2 aromatic heterocycles. The summed E-state index contributed by atoms with van der Waals surface area (Å²) >= 11 is 6.47. The average Bonchev–Trinajstić information content (AvgIpc) is 3.04. The van der Waals surface area contributed by atoms with Gasteiger partial charge in [-0.3, -0.25) is 14.6 Å². The number of benzene rings is 2. The summed E-state index contributed by atoms with van der Waals surface area (Å²) in [4.78, 5) is 33.5. The number of hydrogen-bond acceptors (Lipinski definition) is 11. The van der Waals surface area contributed by atoms with Crippen LogP contribution in [0.25, 0.3) is 0 Å².